The van der Waals surface area contributed by atoms with Crippen LogP contribution >= 0.6 is 11.5 Å². The number of aryl methyl sites for hydroxylation is 1. The maximum atomic E-state index is 12.6. The van der Waals surface area contributed by atoms with Gasteiger partial charge in [-0.05, 0) is 12.8 Å². The van der Waals surface area contributed by atoms with Crippen LogP contribution in [-0.2, 0) is 16.6 Å². The highest BCUT2D eigenvalue weighted by atomic mass is 32.1. The molecule has 2 aliphatic rings. The molecule has 9 heteroatoms. The minimum Gasteiger partial charge on any atom is -0.383 e. The van der Waals surface area contributed by atoms with Crippen LogP contribution < -0.4 is 5.32 Å². The topological polar surface area (TPSA) is 85.2 Å². The van der Waals surface area contributed by atoms with Crippen molar-refractivity contribution >= 4 is 22.6 Å². The van der Waals surface area contributed by atoms with Crippen LogP contribution in [0.15, 0.2) is 12.4 Å². The third-order valence-corrected chi connectivity index (χ3v) is 5.73. The van der Waals surface area contributed by atoms with Crippen molar-refractivity contribution in [2.24, 2.45) is 13.0 Å². The van der Waals surface area contributed by atoms with E-state index in [1.807, 2.05) is 24.3 Å². The zero-order chi connectivity index (χ0) is 18.1. The molecule has 140 valence electrons. The van der Waals surface area contributed by atoms with E-state index in [-0.39, 0.29) is 17.9 Å². The first-order chi connectivity index (χ1) is 12.7. The molecule has 0 unspecified atom stereocenters. The van der Waals surface area contributed by atoms with Crippen molar-refractivity contribution in [2.45, 2.75) is 31.2 Å². The number of rotatable bonds is 8. The lowest BCUT2D eigenvalue weighted by atomic mass is 9.95. The van der Waals surface area contributed by atoms with Crippen molar-refractivity contribution in [2.75, 3.05) is 32.1 Å². The van der Waals surface area contributed by atoms with Crippen LogP contribution in [0.1, 0.15) is 42.6 Å². The lowest BCUT2D eigenvalue weighted by molar-refractivity contribution is -0.129. The molecule has 3 heterocycles. The average Bonchev–Trinajstić information content (AvgIpc) is 3.08. The largest absolute Gasteiger partial charge is 0.383 e. The molecule has 26 heavy (non-hydrogen) atoms. The summed E-state index contributed by atoms with van der Waals surface area (Å²) in [5, 5.41) is 8.54. The predicted octanol–water partition coefficient (Wildman–Crippen LogP) is 1.80. The monoisotopic (exact) mass is 376 g/mol. The molecular formula is C17H24N6O2S. The lowest BCUT2D eigenvalue weighted by Gasteiger charge is -2.27. The van der Waals surface area contributed by atoms with Crippen LogP contribution in [0.25, 0.3) is 0 Å². The van der Waals surface area contributed by atoms with Crippen molar-refractivity contribution in [1.82, 2.24) is 24.0 Å². The fourth-order valence-corrected chi connectivity index (χ4v) is 4.23. The van der Waals surface area contributed by atoms with Crippen LogP contribution in [0.2, 0.25) is 0 Å². The Bertz CT molecular complexity index is 771. The molecule has 2 aromatic heterocycles. The molecule has 1 aliphatic carbocycles. The molecule has 1 aliphatic heterocycles. The molecule has 0 radical (unpaired) electrons. The molecule has 4 rings (SSSR count). The van der Waals surface area contributed by atoms with Crippen LogP contribution in [0.5, 0.6) is 0 Å². The zero-order valence-electron chi connectivity index (χ0n) is 15.1. The second-order valence-electron chi connectivity index (χ2n) is 7.05. The molecule has 2 fully saturated rings. The predicted molar refractivity (Wildman–Crippen MR) is 98.0 cm³/mol. The molecule has 8 nitrogen and oxygen atoms in total. The van der Waals surface area contributed by atoms with E-state index in [0.717, 1.165) is 16.5 Å². The summed E-state index contributed by atoms with van der Waals surface area (Å²) in [6, 6.07) is 0.00896. The van der Waals surface area contributed by atoms with Crippen molar-refractivity contribution < 1.29 is 9.53 Å². The quantitative estimate of drug-likeness (QED) is 0.756. The number of likely N-dealkylation sites (tertiary alicyclic amines) is 1. The minimum absolute atomic E-state index is 0.00896. The van der Waals surface area contributed by atoms with Gasteiger partial charge in [0.2, 0.25) is 11.0 Å². The van der Waals surface area contributed by atoms with Crippen LogP contribution in [0.3, 0.4) is 0 Å². The van der Waals surface area contributed by atoms with Gasteiger partial charge in [0.1, 0.15) is 5.82 Å². The van der Waals surface area contributed by atoms with E-state index in [0.29, 0.717) is 32.0 Å². The Morgan fingerprint density at radius 2 is 2.27 bits per heavy atom. The number of hydrogen-bond donors (Lipinski definition) is 1. The number of methoxy groups -OCH3 is 1. The van der Waals surface area contributed by atoms with Crippen LogP contribution in [-0.4, -0.2) is 56.8 Å². The highest BCUT2D eigenvalue weighted by Gasteiger charge is 2.41. The number of carbonyl (C=O) groups excluding carboxylic acids is 1. The van der Waals surface area contributed by atoms with Gasteiger partial charge in [0.05, 0.1) is 18.8 Å². The van der Waals surface area contributed by atoms with Gasteiger partial charge in [0, 0.05) is 68.8 Å². The van der Waals surface area contributed by atoms with Crippen molar-refractivity contribution in [3.8, 4) is 0 Å². The molecule has 1 amide bonds. The Hall–Kier alpha value is -2.00. The van der Waals surface area contributed by atoms with E-state index in [2.05, 4.69) is 19.8 Å². The highest BCUT2D eigenvalue weighted by Crippen LogP contribution is 2.40. The number of carbonyl (C=O) groups is 1. The fraction of sp³-hybridized carbons (Fsp3) is 0.647. The number of anilines is 1. The standard InChI is InChI=1S/C17H24N6O2S/c1-22-10-13(9-19-22)15-12(7-14(24)23(15)5-6-25-2)8-18-17-20-16(21-26-17)11-3-4-11/h9-12,15H,3-8H2,1-2H3,(H,18,20,21)/t12-,15+/m0/s1. The first-order valence-corrected chi connectivity index (χ1v) is 9.77. The van der Waals surface area contributed by atoms with Gasteiger partial charge in [-0.3, -0.25) is 9.48 Å². The van der Waals surface area contributed by atoms with Gasteiger partial charge in [0.15, 0.2) is 0 Å². The third kappa shape index (κ3) is 3.59. The van der Waals surface area contributed by atoms with E-state index in [4.69, 9.17) is 4.74 Å². The van der Waals surface area contributed by atoms with Crippen molar-refractivity contribution in [1.29, 1.82) is 0 Å². The number of hydrogen-bond acceptors (Lipinski definition) is 7. The average molecular weight is 376 g/mol. The molecule has 0 aromatic carbocycles. The van der Waals surface area contributed by atoms with Gasteiger partial charge in [-0.1, -0.05) is 0 Å². The number of nitrogens with one attached hydrogen (secondary N) is 1. The summed E-state index contributed by atoms with van der Waals surface area (Å²) in [7, 11) is 3.55. The molecule has 0 spiro atoms. The summed E-state index contributed by atoms with van der Waals surface area (Å²) in [5.74, 6) is 1.85. The number of amides is 1. The van der Waals surface area contributed by atoms with E-state index in [1.165, 1.54) is 24.4 Å². The van der Waals surface area contributed by atoms with E-state index in [9.17, 15) is 4.79 Å². The second-order valence-corrected chi connectivity index (χ2v) is 7.80. The fourth-order valence-electron chi connectivity index (χ4n) is 3.58. The Morgan fingerprint density at radius 1 is 1.42 bits per heavy atom. The van der Waals surface area contributed by atoms with Gasteiger partial charge in [-0.15, -0.1) is 0 Å². The molecule has 1 saturated heterocycles. The van der Waals surface area contributed by atoms with Gasteiger partial charge in [-0.2, -0.15) is 9.47 Å². The lowest BCUT2D eigenvalue weighted by Crippen LogP contribution is -2.33. The van der Waals surface area contributed by atoms with Gasteiger partial charge >= 0.3 is 0 Å². The van der Waals surface area contributed by atoms with Gasteiger partial charge in [-0.25, -0.2) is 4.98 Å². The van der Waals surface area contributed by atoms with Crippen molar-refractivity contribution in [3.05, 3.63) is 23.8 Å². The number of nitrogens with zero attached hydrogens (tertiary/aromatic N) is 5. The highest BCUT2D eigenvalue weighted by molar-refractivity contribution is 7.09. The molecular weight excluding hydrogens is 352 g/mol. The zero-order valence-corrected chi connectivity index (χ0v) is 15.9. The minimum atomic E-state index is 0.00896. The summed E-state index contributed by atoms with van der Waals surface area (Å²) in [4.78, 5) is 19.1. The summed E-state index contributed by atoms with van der Waals surface area (Å²) in [6.07, 6.45) is 6.76. The summed E-state index contributed by atoms with van der Waals surface area (Å²) in [5.41, 5.74) is 1.07. The van der Waals surface area contributed by atoms with E-state index < -0.39 is 0 Å². The molecule has 2 aromatic rings. The number of aromatic nitrogens is 4. The van der Waals surface area contributed by atoms with Crippen LogP contribution in [0.4, 0.5) is 5.13 Å². The summed E-state index contributed by atoms with van der Waals surface area (Å²) >= 11 is 1.41. The van der Waals surface area contributed by atoms with Gasteiger partial charge in [0.25, 0.3) is 0 Å². The Balaban J connectivity index is 1.47. The normalized spacial score (nSPS) is 23.0. The Labute approximate surface area is 156 Å². The smallest absolute Gasteiger partial charge is 0.223 e. The second kappa shape index (κ2) is 7.32. The Morgan fingerprint density at radius 3 is 2.96 bits per heavy atom. The SMILES string of the molecule is COCCN1C(=O)C[C@@H](CNc2nc(C3CC3)ns2)[C@@H]1c1cnn(C)c1. The Kier molecular flexibility index (Phi) is 4.90. The maximum Gasteiger partial charge on any atom is 0.223 e. The summed E-state index contributed by atoms with van der Waals surface area (Å²) < 4.78 is 11.4. The van der Waals surface area contributed by atoms with E-state index >= 15 is 0 Å². The molecule has 2 atom stereocenters. The van der Waals surface area contributed by atoms with Crippen molar-refractivity contribution in [3.63, 3.8) is 0 Å². The van der Waals surface area contributed by atoms with Gasteiger partial charge < -0.3 is 15.0 Å². The maximum absolute atomic E-state index is 12.6. The first-order valence-electron chi connectivity index (χ1n) is 9.00. The number of ether oxygens (including phenoxy) is 1. The third-order valence-electron chi connectivity index (χ3n) is 5.04. The van der Waals surface area contributed by atoms with E-state index in [1.54, 1.807) is 11.8 Å². The summed E-state index contributed by atoms with van der Waals surface area (Å²) in [6.45, 7) is 1.81. The molecule has 0 bridgehead atoms. The molecule has 1 saturated carbocycles. The first kappa shape index (κ1) is 17.4. The molecule has 1 N–H and O–H groups in total. The van der Waals surface area contributed by atoms with Crippen LogP contribution in [0, 0.1) is 5.92 Å².